The fraction of sp³-hybridized carbons (Fsp3) is 0.238. The average Bonchev–Trinajstić information content (AvgIpc) is 1.83. The number of benzene rings is 13. The van der Waals surface area contributed by atoms with Gasteiger partial charge in [-0.05, 0) is 180 Å². The largest absolute Gasteiger partial charge is 0.481 e. The molecule has 5 N–H and O–H groups in total. The Kier molecular flexibility index (Phi) is 73.8. The van der Waals surface area contributed by atoms with Crippen molar-refractivity contribution in [2.75, 3.05) is 19.6 Å². The lowest BCUT2D eigenvalue weighted by molar-refractivity contribution is -0.136. The monoisotopic (exact) mass is 1930 g/mol. The van der Waals surface area contributed by atoms with Gasteiger partial charge in [-0.25, -0.2) is 9.97 Å². The number of carbonyl (C=O) groups is 1. The predicted octanol–water partition coefficient (Wildman–Crippen LogP) is 35.9. The molecular weight excluding hydrogens is 1760 g/mol. The Morgan fingerprint density at radius 1 is 0.401 bits per heavy atom. The number of furan rings is 1. The number of carboxylic acid groups (broad SMARTS) is 1. The third-order valence-corrected chi connectivity index (χ3v) is 21.5. The summed E-state index contributed by atoms with van der Waals surface area (Å²) in [6.45, 7) is 3.78. The summed E-state index contributed by atoms with van der Waals surface area (Å²) in [6, 6.07) is 132. The van der Waals surface area contributed by atoms with E-state index in [-0.39, 0.29) is 103 Å². The number of H-pyrrole nitrogens is 2. The summed E-state index contributed by atoms with van der Waals surface area (Å²) in [5, 5.41) is 29.7. The number of piperidine rings is 2. The van der Waals surface area contributed by atoms with Gasteiger partial charge in [0, 0.05) is 84.8 Å². The van der Waals surface area contributed by atoms with Gasteiger partial charge in [0.15, 0.2) is 0 Å². The smallest absolute Gasteiger partial charge is 0.307 e. The van der Waals surface area contributed by atoms with Crippen LogP contribution in [0, 0.1) is 5.92 Å². The number of aryl methyl sites for hydroxylation is 1. The molecule has 1 saturated carbocycles. The molecule has 2 saturated heterocycles. The molecule has 24 rings (SSSR count). The van der Waals surface area contributed by atoms with Crippen LogP contribution in [0.25, 0.3) is 87.3 Å². The van der Waals surface area contributed by atoms with Gasteiger partial charge in [-0.3, -0.25) is 24.4 Å². The van der Waals surface area contributed by atoms with Crippen molar-refractivity contribution in [1.82, 2.24) is 55.5 Å². The molecule has 4 aliphatic rings. The van der Waals surface area contributed by atoms with E-state index in [2.05, 4.69) is 195 Å². The molecule has 3 fully saturated rings. The number of aliphatic carboxylic acids is 1. The van der Waals surface area contributed by atoms with Gasteiger partial charge < -0.3 is 30.1 Å². The minimum absolute atomic E-state index is 0. The lowest BCUT2D eigenvalue weighted by Gasteiger charge is -2.36. The van der Waals surface area contributed by atoms with E-state index in [4.69, 9.17) is 9.52 Å². The highest BCUT2D eigenvalue weighted by Gasteiger charge is 2.26. The van der Waals surface area contributed by atoms with Gasteiger partial charge in [0.1, 0.15) is 11.3 Å². The van der Waals surface area contributed by atoms with Gasteiger partial charge in [0.05, 0.1) is 52.1 Å². The minimum Gasteiger partial charge on any atom is -0.481 e. The summed E-state index contributed by atoms with van der Waals surface area (Å²) in [5.74, 6) is 0.245. The molecule has 15 nitrogen and oxygen atoms in total. The Morgan fingerprint density at radius 3 is 1.35 bits per heavy atom. The maximum absolute atomic E-state index is 10.5. The first-order valence-corrected chi connectivity index (χ1v) is 44.9. The average molecular weight is 1930 g/mol. The maximum Gasteiger partial charge on any atom is 0.307 e. The zero-order chi connectivity index (χ0) is 89.1. The second-order valence-corrected chi connectivity index (χ2v) is 30.9. The summed E-state index contributed by atoms with van der Waals surface area (Å²) in [4.78, 5) is 36.3. The van der Waals surface area contributed by atoms with Crippen molar-refractivity contribution in [3.8, 4) is 33.5 Å². The van der Waals surface area contributed by atoms with Crippen LogP contribution in [0.2, 0.25) is 0 Å². The number of hydrogen-bond donors (Lipinski definition) is 5. The first-order chi connectivity index (χ1) is 63.8. The number of nitrogens with one attached hydrogen (secondary N) is 4. The molecule has 0 bridgehead atoms. The lowest BCUT2D eigenvalue weighted by Crippen LogP contribution is -2.42. The number of hydrogen-bond acceptors (Lipinski definition) is 12. The van der Waals surface area contributed by atoms with Crippen molar-refractivity contribution in [2.45, 2.75) is 173 Å². The van der Waals surface area contributed by atoms with E-state index < -0.39 is 5.97 Å². The van der Waals surface area contributed by atoms with Crippen LogP contribution in [-0.2, 0) is 24.7 Å². The SMILES string of the molecule is C.C.C.C.C.C.C.C.C.C.C.C.C.C1=Nc2ccccc2C1.C1CCC2NCCCC2C1.C1CCNCC1.Cn1cc(-c2ccccc2)nn1.O=C(O)Cc1ccc(-c2ccccc2)cc1.c1c[nH]cn1.c1ccc(-c2ccccc2)cc1.c1ccc2[nH]ccc2c1.c1ccc2ccccc2c1.c1ccc2ncccc2c1.c1ccc2occc2c1.c1ccc2scnc2c1.c1ccccc1.c1ccncc1. The molecule has 13 aromatic carbocycles. The highest BCUT2D eigenvalue weighted by molar-refractivity contribution is 7.16. The molecular formula is C126H166N12O3S. The summed E-state index contributed by atoms with van der Waals surface area (Å²) >= 11 is 1.68. The van der Waals surface area contributed by atoms with Gasteiger partial charge in [-0.1, -0.05) is 449 Å². The van der Waals surface area contributed by atoms with E-state index in [0.29, 0.717) is 0 Å². The number of fused-ring (bicyclic) bond motifs is 7. The van der Waals surface area contributed by atoms with Gasteiger partial charge in [0.2, 0.25) is 0 Å². The highest BCUT2D eigenvalue weighted by Crippen LogP contribution is 2.31. The van der Waals surface area contributed by atoms with Gasteiger partial charge in [-0.15, -0.1) is 16.4 Å². The third-order valence-electron chi connectivity index (χ3n) is 20.6. The summed E-state index contributed by atoms with van der Waals surface area (Å²) in [5.41, 5.74) is 16.3. The second kappa shape index (κ2) is 79.9. The van der Waals surface area contributed by atoms with Crippen LogP contribution < -0.4 is 10.6 Å². The zero-order valence-corrected chi connectivity index (χ0v) is 74.0. The Bertz CT molecular complexity index is 5670. The van der Waals surface area contributed by atoms with Crippen molar-refractivity contribution in [3.63, 3.8) is 0 Å². The van der Waals surface area contributed by atoms with Gasteiger partial charge in [-0.2, -0.15) is 0 Å². The normalized spacial score (nSPS) is 11.9. The number of rotatable bonds is 5. The standard InChI is InChI=1S/C14H12O2.C12H10.C10H8.C9H9N3.C9H17N.C9H7N.2C8H7N.C8H6O.C7H5NS.C6H6.C5H11N.C5H5N.C3H4N2.13CH4/c15-14(16)10-11-6-8-13(9-7-11)12-4-2-1-3-5-12;1-3-7-11(8-4-1)12-9-5-2-6-10-12;1-2-6-10-8-4-3-7-9(10)5-1;1-12-7-9(10-11-12)8-5-3-2-4-6-8;2*1-2-6-9-8(4-1)5-3-7-10-9;3*1-2-4-8-7(3-1)5-6-9-8;1-2-4-7-6(3-1)8-5-9-7;3*1-2-4-6-5-3-1;1-2-5-3-4-1;;;;;;;;;;;;;/h1-9H,10H2,(H,15,16);1-10H;1-8H;2-7H,1H3;8-10H,1-7H2;1-7H;1-4,6H,5H2;1-6,9H;1-6H;1-5H;1-6H;6H,1-5H2;1-5H;1-3H,(H,4,5);13*1H4. The van der Waals surface area contributed by atoms with Crippen LogP contribution in [-0.4, -0.2) is 87.9 Å². The third kappa shape index (κ3) is 49.6. The quantitative estimate of drug-likeness (QED) is 0.110. The maximum atomic E-state index is 10.5. The number of aromatic amines is 2. The van der Waals surface area contributed by atoms with Crippen molar-refractivity contribution < 1.29 is 14.3 Å². The molecule has 2 unspecified atom stereocenters. The summed E-state index contributed by atoms with van der Waals surface area (Å²) in [6.07, 6.45) is 32.0. The van der Waals surface area contributed by atoms with E-state index in [1.54, 1.807) is 53.4 Å². The fourth-order valence-corrected chi connectivity index (χ4v) is 14.7. The number of nitrogens with zero attached hydrogens (tertiary/aromatic N) is 8. The number of aromatic nitrogens is 9. The zero-order valence-electron chi connectivity index (χ0n) is 73.2. The van der Waals surface area contributed by atoms with Crippen LogP contribution in [0.5, 0.6) is 0 Å². The van der Waals surface area contributed by atoms with Crippen LogP contribution in [0.1, 0.15) is 165 Å². The van der Waals surface area contributed by atoms with E-state index in [1.165, 1.54) is 126 Å². The molecule has 142 heavy (non-hydrogen) atoms. The molecule has 754 valence electrons. The van der Waals surface area contributed by atoms with Crippen LogP contribution >= 0.6 is 11.3 Å². The van der Waals surface area contributed by atoms with E-state index in [9.17, 15) is 4.79 Å². The van der Waals surface area contributed by atoms with E-state index in [1.807, 2.05) is 292 Å². The lowest BCUT2D eigenvalue weighted by atomic mass is 9.80. The van der Waals surface area contributed by atoms with Crippen molar-refractivity contribution >= 4 is 83.0 Å². The molecule has 16 heteroatoms. The minimum atomic E-state index is -0.799. The number of carboxylic acids is 1. The first-order valence-electron chi connectivity index (χ1n) is 44.0. The van der Waals surface area contributed by atoms with Crippen LogP contribution in [0.3, 0.4) is 0 Å². The first kappa shape index (κ1) is 131. The van der Waals surface area contributed by atoms with Gasteiger partial charge in [0.25, 0.3) is 0 Å². The molecule has 3 aliphatic heterocycles. The molecule has 20 aromatic rings. The molecule has 2 atom stereocenters. The summed E-state index contributed by atoms with van der Waals surface area (Å²) < 4.78 is 8.08. The summed E-state index contributed by atoms with van der Waals surface area (Å²) in [7, 11) is 1.86. The fourth-order valence-electron chi connectivity index (χ4n) is 14.1. The number of para-hydroxylation sites is 5. The van der Waals surface area contributed by atoms with Crippen LogP contribution in [0.15, 0.2) is 465 Å². The van der Waals surface area contributed by atoms with Gasteiger partial charge >= 0.3 is 5.97 Å². The Hall–Kier alpha value is -14.9. The Balaban J connectivity index is -0.00000147. The molecule has 0 amide bonds. The number of pyridine rings is 2. The molecule has 0 radical (unpaired) electrons. The predicted molar refractivity (Wildman–Crippen MR) is 626 cm³/mol. The van der Waals surface area contributed by atoms with Crippen molar-refractivity contribution in [2.24, 2.45) is 18.0 Å². The topological polar surface area (TPSA) is 201 Å². The number of aliphatic imine (C=N–C) groups is 1. The Labute approximate surface area is 858 Å². The number of thiazole rings is 1. The van der Waals surface area contributed by atoms with E-state index >= 15 is 0 Å². The molecule has 10 heterocycles. The van der Waals surface area contributed by atoms with E-state index in [0.717, 1.165) is 74.0 Å². The highest BCUT2D eigenvalue weighted by atomic mass is 32.1. The van der Waals surface area contributed by atoms with Crippen LogP contribution in [0.4, 0.5) is 5.69 Å². The number of imidazole rings is 1. The van der Waals surface area contributed by atoms with Crippen molar-refractivity contribution in [1.29, 1.82) is 0 Å². The molecule has 7 aromatic heterocycles. The Morgan fingerprint density at radius 2 is 0.880 bits per heavy atom. The second-order valence-electron chi connectivity index (χ2n) is 30.0. The molecule has 1 aliphatic carbocycles. The molecule has 0 spiro atoms. The van der Waals surface area contributed by atoms with Crippen molar-refractivity contribution in [3.05, 3.63) is 467 Å².